The van der Waals surface area contributed by atoms with E-state index in [9.17, 15) is 9.90 Å². The summed E-state index contributed by atoms with van der Waals surface area (Å²) in [6.45, 7) is 0.150. The summed E-state index contributed by atoms with van der Waals surface area (Å²) in [7, 11) is 0. The maximum Gasteiger partial charge on any atom is 0.251 e. The van der Waals surface area contributed by atoms with Crippen LogP contribution in [0.5, 0.6) is 0 Å². The monoisotopic (exact) mass is 309 g/mol. The lowest BCUT2D eigenvalue weighted by atomic mass is 10.1. The number of nitrogens with zero attached hydrogens (tertiary/aromatic N) is 4. The van der Waals surface area contributed by atoms with Gasteiger partial charge in [0.05, 0.1) is 11.8 Å². The molecule has 7 nitrogen and oxygen atoms in total. The van der Waals surface area contributed by atoms with Crippen molar-refractivity contribution in [2.24, 2.45) is 0 Å². The van der Waals surface area contributed by atoms with Crippen molar-refractivity contribution in [3.05, 3.63) is 72.1 Å². The zero-order valence-electron chi connectivity index (χ0n) is 12.2. The predicted octanol–water partition coefficient (Wildman–Crippen LogP) is 1.13. The third-order valence-electron chi connectivity index (χ3n) is 3.38. The Hall–Kier alpha value is -3.06. The van der Waals surface area contributed by atoms with Gasteiger partial charge in [0.2, 0.25) is 0 Å². The quantitative estimate of drug-likeness (QED) is 0.737. The van der Waals surface area contributed by atoms with Crippen molar-refractivity contribution in [1.29, 1.82) is 0 Å². The molecule has 0 spiro atoms. The molecule has 116 valence electrons. The fourth-order valence-electron chi connectivity index (χ4n) is 2.13. The van der Waals surface area contributed by atoms with E-state index in [0.717, 1.165) is 11.3 Å². The molecule has 3 aromatic rings. The molecule has 0 aliphatic rings. The number of aliphatic hydroxyl groups is 1. The number of carbonyl (C=O) groups excluding carboxylic acids is 1. The normalized spacial score (nSPS) is 11.9. The molecule has 0 aliphatic carbocycles. The average molecular weight is 309 g/mol. The highest BCUT2D eigenvalue weighted by Crippen LogP contribution is 2.11. The number of carbonyl (C=O) groups is 1. The molecule has 23 heavy (non-hydrogen) atoms. The molecule has 0 bridgehead atoms. The summed E-state index contributed by atoms with van der Waals surface area (Å²) in [5, 5.41) is 23.7. The molecule has 1 atom stereocenters. The van der Waals surface area contributed by atoms with Crippen LogP contribution in [0.25, 0.3) is 5.69 Å². The second kappa shape index (κ2) is 6.80. The van der Waals surface area contributed by atoms with Crippen LogP contribution in [-0.2, 0) is 0 Å². The first kappa shape index (κ1) is 14.9. The maximum absolute atomic E-state index is 12.1. The zero-order valence-corrected chi connectivity index (χ0v) is 12.2. The summed E-state index contributed by atoms with van der Waals surface area (Å²) < 4.78 is 1.50. The number of hydrogen-bond acceptors (Lipinski definition) is 5. The van der Waals surface area contributed by atoms with E-state index in [1.54, 1.807) is 24.3 Å². The molecular weight excluding hydrogens is 294 g/mol. The second-order valence-corrected chi connectivity index (χ2v) is 4.94. The number of aromatic nitrogens is 4. The van der Waals surface area contributed by atoms with Crippen LogP contribution in [0.15, 0.2) is 60.9 Å². The van der Waals surface area contributed by atoms with E-state index >= 15 is 0 Å². The Morgan fingerprint density at radius 2 is 1.87 bits per heavy atom. The highest BCUT2D eigenvalue weighted by molar-refractivity contribution is 5.94. The molecule has 0 radical (unpaired) electrons. The Labute approximate surface area is 132 Å². The summed E-state index contributed by atoms with van der Waals surface area (Å²) in [5.41, 5.74) is 2.03. The van der Waals surface area contributed by atoms with Crippen LogP contribution in [-0.4, -0.2) is 37.8 Å². The third kappa shape index (κ3) is 3.58. The summed E-state index contributed by atoms with van der Waals surface area (Å²) in [6, 6.07) is 16.1. The van der Waals surface area contributed by atoms with Crippen molar-refractivity contribution in [2.75, 3.05) is 6.54 Å². The minimum atomic E-state index is -0.736. The van der Waals surface area contributed by atoms with E-state index in [2.05, 4.69) is 20.8 Å². The fourth-order valence-corrected chi connectivity index (χ4v) is 2.13. The van der Waals surface area contributed by atoms with Crippen LogP contribution in [0, 0.1) is 0 Å². The van der Waals surface area contributed by atoms with Gasteiger partial charge in [-0.25, -0.2) is 4.68 Å². The van der Waals surface area contributed by atoms with Gasteiger partial charge in [0.25, 0.3) is 5.91 Å². The van der Waals surface area contributed by atoms with E-state index in [4.69, 9.17) is 0 Å². The number of benzene rings is 2. The third-order valence-corrected chi connectivity index (χ3v) is 3.38. The minimum absolute atomic E-state index is 0.150. The first-order valence-electron chi connectivity index (χ1n) is 7.08. The van der Waals surface area contributed by atoms with E-state index < -0.39 is 6.10 Å². The van der Waals surface area contributed by atoms with E-state index in [1.165, 1.54) is 11.0 Å². The zero-order chi connectivity index (χ0) is 16.1. The Kier molecular flexibility index (Phi) is 4.39. The van der Waals surface area contributed by atoms with Crippen LogP contribution >= 0.6 is 0 Å². The van der Waals surface area contributed by atoms with Crippen LogP contribution in [0.1, 0.15) is 22.0 Å². The molecule has 2 aromatic carbocycles. The molecule has 1 heterocycles. The van der Waals surface area contributed by atoms with Crippen molar-refractivity contribution >= 4 is 5.91 Å². The van der Waals surface area contributed by atoms with Gasteiger partial charge in [-0.05, 0) is 40.3 Å². The summed E-state index contributed by atoms with van der Waals surface area (Å²) in [5.74, 6) is -0.247. The minimum Gasteiger partial charge on any atom is -0.387 e. The van der Waals surface area contributed by atoms with Gasteiger partial charge in [0, 0.05) is 12.1 Å². The molecule has 0 aliphatic heterocycles. The van der Waals surface area contributed by atoms with Crippen molar-refractivity contribution in [2.45, 2.75) is 6.10 Å². The van der Waals surface area contributed by atoms with Gasteiger partial charge in [0.1, 0.15) is 6.33 Å². The van der Waals surface area contributed by atoms with E-state index in [0.29, 0.717) is 5.56 Å². The number of nitrogens with one attached hydrogen (secondary N) is 1. The molecule has 2 N–H and O–H groups in total. The number of hydrogen-bond donors (Lipinski definition) is 2. The molecule has 1 aromatic heterocycles. The molecule has 1 amide bonds. The van der Waals surface area contributed by atoms with Gasteiger partial charge in [-0.3, -0.25) is 4.79 Å². The van der Waals surface area contributed by atoms with E-state index in [1.807, 2.05) is 30.3 Å². The Morgan fingerprint density at radius 1 is 1.13 bits per heavy atom. The molecule has 0 fully saturated rings. The van der Waals surface area contributed by atoms with Crippen LogP contribution < -0.4 is 5.32 Å². The highest BCUT2D eigenvalue weighted by Gasteiger charge is 2.10. The van der Waals surface area contributed by atoms with Crippen LogP contribution in [0.2, 0.25) is 0 Å². The first-order chi connectivity index (χ1) is 11.2. The lowest BCUT2D eigenvalue weighted by molar-refractivity contribution is 0.0916. The Morgan fingerprint density at radius 3 is 2.52 bits per heavy atom. The predicted molar refractivity (Wildman–Crippen MR) is 82.9 cm³/mol. The van der Waals surface area contributed by atoms with Crippen LogP contribution in [0.4, 0.5) is 0 Å². The van der Waals surface area contributed by atoms with Gasteiger partial charge in [-0.15, -0.1) is 5.10 Å². The maximum atomic E-state index is 12.1. The van der Waals surface area contributed by atoms with Crippen molar-refractivity contribution in [3.8, 4) is 5.69 Å². The van der Waals surface area contributed by atoms with Gasteiger partial charge in [-0.1, -0.05) is 30.3 Å². The largest absolute Gasteiger partial charge is 0.387 e. The Bertz CT molecular complexity index is 757. The standard InChI is InChI=1S/C16H15N5O2/c22-15(12-4-2-1-3-5-12)10-17-16(23)13-6-8-14(9-7-13)21-11-18-19-20-21/h1-9,11,15,22H,10H2,(H,17,23). The molecular formula is C16H15N5O2. The van der Waals surface area contributed by atoms with E-state index in [-0.39, 0.29) is 12.5 Å². The second-order valence-electron chi connectivity index (χ2n) is 4.94. The average Bonchev–Trinajstić information content (AvgIpc) is 3.15. The molecule has 1 unspecified atom stereocenters. The Balaban J connectivity index is 1.60. The number of tetrazole rings is 1. The van der Waals surface area contributed by atoms with Crippen molar-refractivity contribution < 1.29 is 9.90 Å². The topological polar surface area (TPSA) is 92.9 Å². The van der Waals surface area contributed by atoms with Gasteiger partial charge < -0.3 is 10.4 Å². The number of aliphatic hydroxyl groups excluding tert-OH is 1. The van der Waals surface area contributed by atoms with Gasteiger partial charge >= 0.3 is 0 Å². The molecule has 0 saturated heterocycles. The van der Waals surface area contributed by atoms with Crippen LogP contribution in [0.3, 0.4) is 0 Å². The lowest BCUT2D eigenvalue weighted by Gasteiger charge is -2.12. The summed E-state index contributed by atoms with van der Waals surface area (Å²) in [4.78, 5) is 12.1. The number of rotatable bonds is 5. The summed E-state index contributed by atoms with van der Waals surface area (Å²) >= 11 is 0. The lowest BCUT2D eigenvalue weighted by Crippen LogP contribution is -2.28. The van der Waals surface area contributed by atoms with Gasteiger partial charge in [-0.2, -0.15) is 0 Å². The van der Waals surface area contributed by atoms with Gasteiger partial charge in [0.15, 0.2) is 0 Å². The highest BCUT2D eigenvalue weighted by atomic mass is 16.3. The smallest absolute Gasteiger partial charge is 0.251 e. The van der Waals surface area contributed by atoms with Crippen molar-refractivity contribution in [3.63, 3.8) is 0 Å². The number of amides is 1. The van der Waals surface area contributed by atoms with Crippen molar-refractivity contribution in [1.82, 2.24) is 25.5 Å². The summed E-state index contributed by atoms with van der Waals surface area (Å²) in [6.07, 6.45) is 0.742. The molecule has 0 saturated carbocycles. The fraction of sp³-hybridized carbons (Fsp3) is 0.125. The molecule has 3 rings (SSSR count). The molecule has 7 heteroatoms. The first-order valence-corrected chi connectivity index (χ1v) is 7.08. The SMILES string of the molecule is O=C(NCC(O)c1ccccc1)c1ccc(-n2cnnn2)cc1.